The van der Waals surface area contributed by atoms with Gasteiger partial charge in [0.2, 0.25) is 5.91 Å². The van der Waals surface area contributed by atoms with E-state index in [9.17, 15) is 18.0 Å². The van der Waals surface area contributed by atoms with E-state index in [1.165, 1.54) is 18.4 Å². The Balaban J connectivity index is 1.66. The molecule has 2 N–H and O–H groups in total. The fourth-order valence-electron chi connectivity index (χ4n) is 2.84. The number of benzene rings is 3. The largest absolute Gasteiger partial charge is 0.484 e. The number of ether oxygens (including phenoxy) is 1. The molecule has 0 saturated heterocycles. The SMILES string of the molecule is CNC(=O)CNC(=O)COc1ccc(N(C)S(=O)(=O)c2ccc3ccccc3c2)cc1. The summed E-state index contributed by atoms with van der Waals surface area (Å²) in [4.78, 5) is 23.0. The van der Waals surface area contributed by atoms with Crippen molar-refractivity contribution in [2.45, 2.75) is 4.90 Å². The monoisotopic (exact) mass is 441 g/mol. The third-order valence-corrected chi connectivity index (χ3v) is 6.46. The number of amides is 2. The molecule has 0 spiro atoms. The Labute approximate surface area is 180 Å². The standard InChI is InChI=1S/C22H23N3O5S/c1-23-21(26)14-24-22(27)15-30-19-10-8-18(9-11-19)25(2)31(28,29)20-12-7-16-5-3-4-6-17(16)13-20/h3-13H,14-15H2,1-2H3,(H,23,26)(H,24,27). The summed E-state index contributed by atoms with van der Waals surface area (Å²) < 4.78 is 32.6. The zero-order chi connectivity index (χ0) is 22.4. The molecule has 0 fully saturated rings. The van der Waals surface area contributed by atoms with Gasteiger partial charge >= 0.3 is 0 Å². The average molecular weight is 442 g/mol. The molecule has 0 unspecified atom stereocenters. The first kappa shape index (κ1) is 22.1. The molecule has 0 aromatic heterocycles. The van der Waals surface area contributed by atoms with Crippen LogP contribution in [0.4, 0.5) is 5.69 Å². The fourth-order valence-corrected chi connectivity index (χ4v) is 4.08. The van der Waals surface area contributed by atoms with Crippen LogP contribution in [0.15, 0.2) is 71.6 Å². The molecule has 3 rings (SSSR count). The van der Waals surface area contributed by atoms with Crippen LogP contribution in [0.2, 0.25) is 0 Å². The maximum Gasteiger partial charge on any atom is 0.264 e. The molecule has 0 bridgehead atoms. The highest BCUT2D eigenvalue weighted by atomic mass is 32.2. The van der Waals surface area contributed by atoms with E-state index in [0.717, 1.165) is 10.8 Å². The van der Waals surface area contributed by atoms with Crippen molar-refractivity contribution in [3.8, 4) is 5.75 Å². The Morgan fingerprint density at radius 3 is 2.29 bits per heavy atom. The van der Waals surface area contributed by atoms with Crippen molar-refractivity contribution >= 4 is 38.3 Å². The molecule has 0 saturated carbocycles. The second-order valence-electron chi connectivity index (χ2n) is 6.71. The van der Waals surface area contributed by atoms with Gasteiger partial charge in [-0.2, -0.15) is 0 Å². The van der Waals surface area contributed by atoms with Crippen LogP contribution in [0.5, 0.6) is 5.75 Å². The number of carbonyl (C=O) groups is 2. The second kappa shape index (κ2) is 9.48. The van der Waals surface area contributed by atoms with E-state index in [4.69, 9.17) is 4.74 Å². The van der Waals surface area contributed by atoms with Crippen LogP contribution in [-0.2, 0) is 19.6 Å². The van der Waals surface area contributed by atoms with Gasteiger partial charge < -0.3 is 15.4 Å². The number of carbonyl (C=O) groups excluding carboxylic acids is 2. The van der Waals surface area contributed by atoms with E-state index >= 15 is 0 Å². The van der Waals surface area contributed by atoms with Crippen molar-refractivity contribution in [2.24, 2.45) is 0 Å². The highest BCUT2D eigenvalue weighted by Gasteiger charge is 2.21. The van der Waals surface area contributed by atoms with Crippen LogP contribution in [0.25, 0.3) is 10.8 Å². The van der Waals surface area contributed by atoms with E-state index in [1.54, 1.807) is 42.5 Å². The Hall–Kier alpha value is -3.59. The molecule has 0 aliphatic rings. The Kier molecular flexibility index (Phi) is 6.76. The minimum atomic E-state index is -3.75. The van der Waals surface area contributed by atoms with Crippen LogP contribution in [0, 0.1) is 0 Å². The summed E-state index contributed by atoms with van der Waals surface area (Å²) in [5.41, 5.74) is 0.449. The van der Waals surface area contributed by atoms with Gasteiger partial charge in [0.25, 0.3) is 15.9 Å². The van der Waals surface area contributed by atoms with Gasteiger partial charge in [-0.15, -0.1) is 0 Å². The molecule has 0 aliphatic carbocycles. The van der Waals surface area contributed by atoms with Crippen LogP contribution in [-0.4, -0.2) is 47.5 Å². The van der Waals surface area contributed by atoms with Crippen molar-refractivity contribution < 1.29 is 22.7 Å². The number of sulfonamides is 1. The lowest BCUT2D eigenvalue weighted by molar-refractivity contribution is -0.127. The number of likely N-dealkylation sites (N-methyl/N-ethyl adjacent to an activating group) is 1. The Bertz CT molecular complexity index is 1190. The minimum absolute atomic E-state index is 0.130. The first-order valence-electron chi connectivity index (χ1n) is 9.49. The number of hydrogen-bond donors (Lipinski definition) is 2. The van der Waals surface area contributed by atoms with E-state index < -0.39 is 15.9 Å². The highest BCUT2D eigenvalue weighted by molar-refractivity contribution is 7.92. The van der Waals surface area contributed by atoms with Crippen molar-refractivity contribution in [1.29, 1.82) is 0 Å². The smallest absolute Gasteiger partial charge is 0.264 e. The van der Waals surface area contributed by atoms with Crippen LogP contribution in [0.3, 0.4) is 0 Å². The van der Waals surface area contributed by atoms with Crippen LogP contribution < -0.4 is 19.7 Å². The molecular formula is C22H23N3O5S. The summed E-state index contributed by atoms with van der Waals surface area (Å²) in [7, 11) is -0.795. The fraction of sp³-hybridized carbons (Fsp3) is 0.182. The number of anilines is 1. The summed E-state index contributed by atoms with van der Waals surface area (Å²) in [5.74, 6) is -0.354. The van der Waals surface area contributed by atoms with Gasteiger partial charge in [0, 0.05) is 14.1 Å². The van der Waals surface area contributed by atoms with E-state index in [-0.39, 0.29) is 24.0 Å². The third-order valence-electron chi connectivity index (χ3n) is 4.67. The van der Waals surface area contributed by atoms with Crippen LogP contribution in [0.1, 0.15) is 0 Å². The normalized spacial score (nSPS) is 11.0. The lowest BCUT2D eigenvalue weighted by Gasteiger charge is -2.20. The van der Waals surface area contributed by atoms with E-state index in [2.05, 4.69) is 10.6 Å². The van der Waals surface area contributed by atoms with Gasteiger partial charge in [0.15, 0.2) is 6.61 Å². The van der Waals surface area contributed by atoms with Crippen molar-refractivity contribution in [3.63, 3.8) is 0 Å². The first-order chi connectivity index (χ1) is 14.8. The predicted molar refractivity (Wildman–Crippen MR) is 119 cm³/mol. The number of hydrogen-bond acceptors (Lipinski definition) is 5. The van der Waals surface area contributed by atoms with Gasteiger partial charge in [-0.1, -0.05) is 30.3 Å². The lowest BCUT2D eigenvalue weighted by atomic mass is 10.1. The average Bonchev–Trinajstić information content (AvgIpc) is 2.80. The van der Waals surface area contributed by atoms with Gasteiger partial charge in [-0.25, -0.2) is 8.42 Å². The Morgan fingerprint density at radius 2 is 1.61 bits per heavy atom. The molecule has 2 amide bonds. The van der Waals surface area contributed by atoms with Crippen molar-refractivity contribution in [3.05, 3.63) is 66.7 Å². The molecule has 0 radical (unpaired) electrons. The predicted octanol–water partition coefficient (Wildman–Crippen LogP) is 1.91. The summed E-state index contributed by atoms with van der Waals surface area (Å²) in [6.07, 6.45) is 0. The van der Waals surface area contributed by atoms with Crippen molar-refractivity contribution in [2.75, 3.05) is 31.6 Å². The summed E-state index contributed by atoms with van der Waals surface area (Å²) in [6, 6.07) is 18.9. The van der Waals surface area contributed by atoms with Gasteiger partial charge in [-0.05, 0) is 47.2 Å². The summed E-state index contributed by atoms with van der Waals surface area (Å²) in [6.45, 7) is -0.392. The summed E-state index contributed by atoms with van der Waals surface area (Å²) >= 11 is 0. The van der Waals surface area contributed by atoms with Crippen molar-refractivity contribution in [1.82, 2.24) is 10.6 Å². The molecule has 3 aromatic rings. The molecule has 0 atom stereocenters. The number of fused-ring (bicyclic) bond motifs is 1. The minimum Gasteiger partial charge on any atom is -0.484 e. The molecular weight excluding hydrogens is 418 g/mol. The van der Waals surface area contributed by atoms with E-state index in [1.807, 2.05) is 24.3 Å². The molecule has 8 nitrogen and oxygen atoms in total. The molecule has 0 aliphatic heterocycles. The topological polar surface area (TPSA) is 105 Å². The molecule has 162 valence electrons. The zero-order valence-electron chi connectivity index (χ0n) is 17.2. The van der Waals surface area contributed by atoms with E-state index in [0.29, 0.717) is 11.4 Å². The molecule has 9 heteroatoms. The van der Waals surface area contributed by atoms with Gasteiger partial charge in [-0.3, -0.25) is 13.9 Å². The quantitative estimate of drug-likeness (QED) is 0.556. The third kappa shape index (κ3) is 5.32. The lowest BCUT2D eigenvalue weighted by Crippen LogP contribution is -2.37. The maximum atomic E-state index is 13.0. The number of nitrogens with zero attached hydrogens (tertiary/aromatic N) is 1. The number of nitrogens with one attached hydrogen (secondary N) is 2. The molecule has 31 heavy (non-hydrogen) atoms. The van der Waals surface area contributed by atoms with Crippen LogP contribution >= 0.6 is 0 Å². The summed E-state index contributed by atoms with van der Waals surface area (Å²) in [5, 5.41) is 6.62. The second-order valence-corrected chi connectivity index (χ2v) is 8.68. The maximum absolute atomic E-state index is 13.0. The van der Waals surface area contributed by atoms with Gasteiger partial charge in [0.05, 0.1) is 17.1 Å². The molecule has 0 heterocycles. The molecule has 3 aromatic carbocycles. The van der Waals surface area contributed by atoms with Gasteiger partial charge in [0.1, 0.15) is 5.75 Å². The highest BCUT2D eigenvalue weighted by Crippen LogP contribution is 2.26. The number of rotatable bonds is 8. The Morgan fingerprint density at radius 1 is 0.935 bits per heavy atom. The first-order valence-corrected chi connectivity index (χ1v) is 10.9. The zero-order valence-corrected chi connectivity index (χ0v) is 18.0.